The number of rotatable bonds is 10. The summed E-state index contributed by atoms with van der Waals surface area (Å²) in [5.41, 5.74) is 1.27. The summed E-state index contributed by atoms with van der Waals surface area (Å²) in [6.07, 6.45) is 3.66. The predicted molar refractivity (Wildman–Crippen MR) is 114 cm³/mol. The van der Waals surface area contributed by atoms with E-state index in [4.69, 9.17) is 9.15 Å². The van der Waals surface area contributed by atoms with E-state index in [1.165, 1.54) is 5.56 Å². The number of benzene rings is 1. The molecule has 0 saturated carbocycles. The topological polar surface area (TPSA) is 71.7 Å². The Morgan fingerprint density at radius 1 is 1.14 bits per heavy atom. The molecule has 0 amide bonds. The molecule has 2 N–H and O–H groups in total. The largest absolute Gasteiger partial charge is 0.443 e. The van der Waals surface area contributed by atoms with Gasteiger partial charge in [-0.15, -0.1) is 0 Å². The van der Waals surface area contributed by atoms with Crippen LogP contribution in [0.5, 0.6) is 0 Å². The van der Waals surface area contributed by atoms with Crippen molar-refractivity contribution in [2.24, 2.45) is 4.99 Å². The SMILES string of the molecule is CCNC(=NCc1ncc(C(C)(C)C)o1)NCCCOCCc1ccccc1. The molecule has 0 aliphatic carbocycles. The van der Waals surface area contributed by atoms with Crippen molar-refractivity contribution in [2.45, 2.75) is 52.5 Å². The third-order valence-electron chi connectivity index (χ3n) is 4.15. The number of hydrogen-bond donors (Lipinski definition) is 2. The minimum atomic E-state index is -0.0434. The van der Waals surface area contributed by atoms with Crippen LogP contribution in [0.4, 0.5) is 0 Å². The first-order chi connectivity index (χ1) is 13.5. The van der Waals surface area contributed by atoms with Crippen LogP contribution < -0.4 is 10.6 Å². The van der Waals surface area contributed by atoms with E-state index >= 15 is 0 Å². The van der Waals surface area contributed by atoms with Crippen LogP contribution in [0.1, 0.15) is 51.3 Å². The summed E-state index contributed by atoms with van der Waals surface area (Å²) in [4.78, 5) is 8.87. The quantitative estimate of drug-likeness (QED) is 0.370. The summed E-state index contributed by atoms with van der Waals surface area (Å²) in [5, 5.41) is 6.57. The summed E-state index contributed by atoms with van der Waals surface area (Å²) in [5.74, 6) is 2.27. The van der Waals surface area contributed by atoms with E-state index in [0.717, 1.165) is 50.9 Å². The molecule has 0 aliphatic rings. The molecule has 6 heteroatoms. The number of ether oxygens (including phenoxy) is 1. The van der Waals surface area contributed by atoms with Gasteiger partial charge < -0.3 is 19.8 Å². The maximum atomic E-state index is 5.79. The molecule has 0 atom stereocenters. The highest BCUT2D eigenvalue weighted by Gasteiger charge is 2.18. The summed E-state index contributed by atoms with van der Waals surface area (Å²) >= 11 is 0. The van der Waals surface area contributed by atoms with Crippen LogP contribution in [-0.2, 0) is 23.1 Å². The number of hydrogen-bond acceptors (Lipinski definition) is 4. The Kier molecular flexibility index (Phi) is 9.01. The summed E-state index contributed by atoms with van der Waals surface area (Å²) in [7, 11) is 0. The lowest BCUT2D eigenvalue weighted by atomic mass is 9.94. The number of oxazole rings is 1. The Morgan fingerprint density at radius 2 is 1.93 bits per heavy atom. The fraction of sp³-hybridized carbons (Fsp3) is 0.545. The molecule has 0 fully saturated rings. The molecular formula is C22H34N4O2. The second kappa shape index (κ2) is 11.5. The molecule has 2 rings (SSSR count). The maximum absolute atomic E-state index is 5.79. The van der Waals surface area contributed by atoms with Gasteiger partial charge in [0.15, 0.2) is 5.96 Å². The molecule has 0 radical (unpaired) electrons. The van der Waals surface area contributed by atoms with Crippen molar-refractivity contribution < 1.29 is 9.15 Å². The minimum absolute atomic E-state index is 0.0434. The number of aliphatic imine (C=N–C) groups is 1. The van der Waals surface area contributed by atoms with Crippen molar-refractivity contribution in [1.29, 1.82) is 0 Å². The van der Waals surface area contributed by atoms with Crippen LogP contribution in [0.2, 0.25) is 0 Å². The first kappa shape index (κ1) is 22.0. The molecule has 0 bridgehead atoms. The lowest BCUT2D eigenvalue weighted by molar-refractivity contribution is 0.135. The highest BCUT2D eigenvalue weighted by molar-refractivity contribution is 5.79. The van der Waals surface area contributed by atoms with E-state index in [1.807, 2.05) is 13.0 Å². The second-order valence-corrected chi connectivity index (χ2v) is 7.69. The maximum Gasteiger partial charge on any atom is 0.216 e. The van der Waals surface area contributed by atoms with Gasteiger partial charge in [0, 0.05) is 25.1 Å². The molecule has 28 heavy (non-hydrogen) atoms. The van der Waals surface area contributed by atoms with Gasteiger partial charge >= 0.3 is 0 Å². The van der Waals surface area contributed by atoms with Gasteiger partial charge in [-0.1, -0.05) is 51.1 Å². The van der Waals surface area contributed by atoms with Crippen LogP contribution in [0.25, 0.3) is 0 Å². The molecule has 0 aliphatic heterocycles. The number of nitrogens with zero attached hydrogens (tertiary/aromatic N) is 2. The molecule has 0 saturated heterocycles. The van der Waals surface area contributed by atoms with Crippen LogP contribution in [0, 0.1) is 0 Å². The molecular weight excluding hydrogens is 352 g/mol. The zero-order valence-electron chi connectivity index (χ0n) is 17.6. The van der Waals surface area contributed by atoms with Crippen molar-refractivity contribution in [3.8, 4) is 0 Å². The Bertz CT molecular complexity index is 705. The average molecular weight is 387 g/mol. The van der Waals surface area contributed by atoms with Crippen molar-refractivity contribution in [2.75, 3.05) is 26.3 Å². The van der Waals surface area contributed by atoms with E-state index in [2.05, 4.69) is 65.6 Å². The Hall–Kier alpha value is -2.34. The molecule has 6 nitrogen and oxygen atoms in total. The molecule has 1 aromatic carbocycles. The highest BCUT2D eigenvalue weighted by atomic mass is 16.5. The zero-order valence-corrected chi connectivity index (χ0v) is 17.6. The predicted octanol–water partition coefficient (Wildman–Crippen LogP) is 3.68. The van der Waals surface area contributed by atoms with Gasteiger partial charge in [0.25, 0.3) is 0 Å². The number of aromatic nitrogens is 1. The molecule has 0 unspecified atom stereocenters. The van der Waals surface area contributed by atoms with Crippen molar-refractivity contribution in [1.82, 2.24) is 15.6 Å². The van der Waals surface area contributed by atoms with E-state index in [9.17, 15) is 0 Å². The third kappa shape index (κ3) is 8.13. The van der Waals surface area contributed by atoms with Gasteiger partial charge in [-0.25, -0.2) is 9.98 Å². The molecule has 1 aromatic heterocycles. The molecule has 1 heterocycles. The summed E-state index contributed by atoms with van der Waals surface area (Å²) < 4.78 is 11.5. The minimum Gasteiger partial charge on any atom is -0.443 e. The van der Waals surface area contributed by atoms with E-state index in [1.54, 1.807) is 6.20 Å². The zero-order chi connectivity index (χ0) is 20.2. The molecule has 2 aromatic rings. The van der Waals surface area contributed by atoms with Gasteiger partial charge in [-0.2, -0.15) is 0 Å². The van der Waals surface area contributed by atoms with Crippen molar-refractivity contribution in [3.63, 3.8) is 0 Å². The van der Waals surface area contributed by atoms with Crippen molar-refractivity contribution in [3.05, 3.63) is 53.7 Å². The Balaban J connectivity index is 1.66. The average Bonchev–Trinajstić information content (AvgIpc) is 3.15. The van der Waals surface area contributed by atoms with Gasteiger partial charge in [0.05, 0.1) is 12.8 Å². The smallest absolute Gasteiger partial charge is 0.216 e. The monoisotopic (exact) mass is 386 g/mol. The number of nitrogens with one attached hydrogen (secondary N) is 2. The lowest BCUT2D eigenvalue weighted by Gasteiger charge is -2.13. The fourth-order valence-corrected chi connectivity index (χ4v) is 2.54. The van der Waals surface area contributed by atoms with Gasteiger partial charge in [0.2, 0.25) is 5.89 Å². The summed E-state index contributed by atoms with van der Waals surface area (Å²) in [6.45, 7) is 11.9. The van der Waals surface area contributed by atoms with Crippen LogP contribution >= 0.6 is 0 Å². The summed E-state index contributed by atoms with van der Waals surface area (Å²) in [6, 6.07) is 10.4. The standard InChI is InChI=1S/C22H34N4O2/c1-5-23-21(26-17-20-25-16-19(28-20)22(2,3)4)24-13-9-14-27-15-12-18-10-7-6-8-11-18/h6-8,10-11,16H,5,9,12-15,17H2,1-4H3,(H2,23,24,26). The van der Waals surface area contributed by atoms with E-state index in [-0.39, 0.29) is 5.41 Å². The Labute approximate surface area is 168 Å². The van der Waals surface area contributed by atoms with Gasteiger partial charge in [0.1, 0.15) is 12.3 Å². The highest BCUT2D eigenvalue weighted by Crippen LogP contribution is 2.22. The Morgan fingerprint density at radius 3 is 2.61 bits per heavy atom. The molecule has 0 spiro atoms. The van der Waals surface area contributed by atoms with Crippen molar-refractivity contribution >= 4 is 5.96 Å². The lowest BCUT2D eigenvalue weighted by Crippen LogP contribution is -2.38. The van der Waals surface area contributed by atoms with E-state index < -0.39 is 0 Å². The molecule has 154 valence electrons. The fourth-order valence-electron chi connectivity index (χ4n) is 2.54. The van der Waals surface area contributed by atoms with Gasteiger partial charge in [-0.05, 0) is 25.3 Å². The van der Waals surface area contributed by atoms with Gasteiger partial charge in [-0.3, -0.25) is 0 Å². The first-order valence-corrected chi connectivity index (χ1v) is 10.1. The normalized spacial score (nSPS) is 12.2. The third-order valence-corrected chi connectivity index (χ3v) is 4.15. The first-order valence-electron chi connectivity index (χ1n) is 10.1. The van der Waals surface area contributed by atoms with Crippen LogP contribution in [0.3, 0.4) is 0 Å². The van der Waals surface area contributed by atoms with E-state index in [0.29, 0.717) is 12.4 Å². The van der Waals surface area contributed by atoms with Crippen LogP contribution in [-0.4, -0.2) is 37.2 Å². The van der Waals surface area contributed by atoms with Crippen LogP contribution in [0.15, 0.2) is 45.9 Å². The number of guanidine groups is 1. The second-order valence-electron chi connectivity index (χ2n) is 7.69.